The molecule has 0 saturated heterocycles. The molecule has 1 saturated carbocycles. The number of aromatic nitrogens is 1. The Kier molecular flexibility index (Phi) is 4.09. The Balaban J connectivity index is 1.63. The topological polar surface area (TPSA) is 54.0 Å². The Bertz CT molecular complexity index is 362. The van der Waals surface area contributed by atoms with E-state index in [1.165, 1.54) is 5.56 Å². The smallest absolute Gasteiger partial charge is 0.223 e. The fourth-order valence-electron chi connectivity index (χ4n) is 1.73. The largest absolute Gasteiger partial charge is 0.355 e. The van der Waals surface area contributed by atoms with E-state index in [0.717, 1.165) is 19.4 Å². The molecule has 1 heterocycles. The molecule has 2 N–H and O–H groups in total. The molecule has 1 amide bonds. The summed E-state index contributed by atoms with van der Waals surface area (Å²) >= 11 is 0. The summed E-state index contributed by atoms with van der Waals surface area (Å²) < 4.78 is 0. The van der Waals surface area contributed by atoms with Gasteiger partial charge in [0.25, 0.3) is 0 Å². The Morgan fingerprint density at radius 1 is 1.41 bits per heavy atom. The third-order valence-corrected chi connectivity index (χ3v) is 3.03. The van der Waals surface area contributed by atoms with Crippen molar-refractivity contribution in [3.05, 3.63) is 30.1 Å². The number of nitrogens with one attached hydrogen (secondary N) is 2. The van der Waals surface area contributed by atoms with Crippen LogP contribution in [-0.4, -0.2) is 24.0 Å². The van der Waals surface area contributed by atoms with Crippen LogP contribution in [0.15, 0.2) is 24.5 Å². The minimum absolute atomic E-state index is 0.211. The van der Waals surface area contributed by atoms with Gasteiger partial charge in [-0.25, -0.2) is 0 Å². The molecule has 1 atom stereocenters. The Hall–Kier alpha value is -1.42. The van der Waals surface area contributed by atoms with Gasteiger partial charge in [0.05, 0.1) is 0 Å². The van der Waals surface area contributed by atoms with Crippen LogP contribution < -0.4 is 10.6 Å². The van der Waals surface area contributed by atoms with Gasteiger partial charge < -0.3 is 10.6 Å². The first kappa shape index (κ1) is 12.0. The van der Waals surface area contributed by atoms with E-state index in [-0.39, 0.29) is 11.9 Å². The van der Waals surface area contributed by atoms with Gasteiger partial charge in [0.2, 0.25) is 5.91 Å². The molecule has 1 fully saturated rings. The van der Waals surface area contributed by atoms with Crippen molar-refractivity contribution in [1.29, 1.82) is 0 Å². The van der Waals surface area contributed by atoms with Gasteiger partial charge in [-0.1, -0.05) is 0 Å². The zero-order chi connectivity index (χ0) is 12.1. The molecule has 0 spiro atoms. The van der Waals surface area contributed by atoms with Crippen molar-refractivity contribution in [3.63, 3.8) is 0 Å². The number of nitrogens with zero attached hydrogens (tertiary/aromatic N) is 1. The summed E-state index contributed by atoms with van der Waals surface area (Å²) in [6, 6.07) is 4.29. The maximum absolute atomic E-state index is 11.4. The first-order valence-electron chi connectivity index (χ1n) is 6.18. The van der Waals surface area contributed by atoms with E-state index in [1.807, 2.05) is 12.1 Å². The summed E-state index contributed by atoms with van der Waals surface area (Å²) in [6.07, 6.45) is 5.71. The summed E-state index contributed by atoms with van der Waals surface area (Å²) in [6.45, 7) is 3.60. The van der Waals surface area contributed by atoms with Gasteiger partial charge in [-0.15, -0.1) is 0 Å². The number of carbonyl (C=O) groups is 1. The highest BCUT2D eigenvalue weighted by atomic mass is 16.2. The molecule has 17 heavy (non-hydrogen) atoms. The lowest BCUT2D eigenvalue weighted by Crippen LogP contribution is -2.33. The van der Waals surface area contributed by atoms with E-state index in [4.69, 9.17) is 0 Å². The van der Waals surface area contributed by atoms with Crippen LogP contribution in [0.1, 0.15) is 31.4 Å². The molecule has 4 heteroatoms. The average molecular weight is 233 g/mol. The van der Waals surface area contributed by atoms with E-state index in [1.54, 1.807) is 12.4 Å². The molecule has 1 aromatic heterocycles. The normalized spacial score (nSPS) is 16.5. The van der Waals surface area contributed by atoms with Gasteiger partial charge >= 0.3 is 0 Å². The van der Waals surface area contributed by atoms with Gasteiger partial charge in [0, 0.05) is 37.4 Å². The van der Waals surface area contributed by atoms with Gasteiger partial charge in [0.1, 0.15) is 0 Å². The maximum Gasteiger partial charge on any atom is 0.223 e. The summed E-state index contributed by atoms with van der Waals surface area (Å²) in [7, 11) is 0. The monoisotopic (exact) mass is 233 g/mol. The van der Waals surface area contributed by atoms with Crippen LogP contribution in [0.5, 0.6) is 0 Å². The first-order chi connectivity index (χ1) is 8.27. The highest BCUT2D eigenvalue weighted by molar-refractivity contribution is 5.80. The lowest BCUT2D eigenvalue weighted by molar-refractivity contribution is -0.122. The van der Waals surface area contributed by atoms with Crippen molar-refractivity contribution >= 4 is 5.91 Å². The van der Waals surface area contributed by atoms with Crippen LogP contribution in [0.3, 0.4) is 0 Å². The van der Waals surface area contributed by atoms with Crippen molar-refractivity contribution in [2.45, 2.75) is 25.8 Å². The predicted molar refractivity (Wildman–Crippen MR) is 66.4 cm³/mol. The summed E-state index contributed by atoms with van der Waals surface area (Å²) in [5.74, 6) is 0.510. The minimum atomic E-state index is 0.211. The number of amides is 1. The van der Waals surface area contributed by atoms with Crippen LogP contribution >= 0.6 is 0 Å². The molecule has 1 aromatic rings. The highest BCUT2D eigenvalue weighted by Crippen LogP contribution is 2.28. The first-order valence-corrected chi connectivity index (χ1v) is 6.18. The predicted octanol–water partition coefficient (Wildman–Crippen LogP) is 1.26. The van der Waals surface area contributed by atoms with Crippen LogP contribution in [0.4, 0.5) is 0 Å². The highest BCUT2D eigenvalue weighted by Gasteiger charge is 2.28. The lowest BCUT2D eigenvalue weighted by atomic mass is 10.1. The van der Waals surface area contributed by atoms with Gasteiger partial charge in [-0.05, 0) is 37.5 Å². The van der Waals surface area contributed by atoms with Crippen LogP contribution in [0, 0.1) is 5.92 Å². The molecular weight excluding hydrogens is 214 g/mol. The van der Waals surface area contributed by atoms with Crippen molar-refractivity contribution in [2.24, 2.45) is 5.92 Å². The zero-order valence-electron chi connectivity index (χ0n) is 10.1. The summed E-state index contributed by atoms with van der Waals surface area (Å²) in [4.78, 5) is 15.4. The standard InChI is InChI=1S/C13H19N3O/c1-10(11-4-6-14-7-5-11)15-8-9-16-13(17)12-2-3-12/h4-7,10,12,15H,2-3,8-9H2,1H3,(H,16,17). The molecular formula is C13H19N3O. The van der Waals surface area contributed by atoms with Crippen LogP contribution in [0.2, 0.25) is 0 Å². The summed E-state index contributed by atoms with van der Waals surface area (Å²) in [5.41, 5.74) is 1.22. The number of carbonyl (C=O) groups excluding carboxylic acids is 1. The van der Waals surface area contributed by atoms with Crippen LogP contribution in [0.25, 0.3) is 0 Å². The molecule has 1 aliphatic rings. The fourth-order valence-corrected chi connectivity index (χ4v) is 1.73. The Morgan fingerprint density at radius 3 is 2.76 bits per heavy atom. The van der Waals surface area contributed by atoms with Crippen molar-refractivity contribution in [3.8, 4) is 0 Å². The molecule has 1 unspecified atom stereocenters. The quantitative estimate of drug-likeness (QED) is 0.727. The number of hydrogen-bond acceptors (Lipinski definition) is 3. The third-order valence-electron chi connectivity index (χ3n) is 3.03. The lowest BCUT2D eigenvalue weighted by Gasteiger charge is -2.14. The molecule has 0 aromatic carbocycles. The molecule has 1 aliphatic carbocycles. The number of hydrogen-bond donors (Lipinski definition) is 2. The third kappa shape index (κ3) is 3.82. The Morgan fingerprint density at radius 2 is 2.12 bits per heavy atom. The van der Waals surface area contributed by atoms with E-state index < -0.39 is 0 Å². The van der Waals surface area contributed by atoms with Gasteiger partial charge in [0.15, 0.2) is 0 Å². The van der Waals surface area contributed by atoms with Gasteiger partial charge in [-0.3, -0.25) is 9.78 Å². The van der Waals surface area contributed by atoms with Crippen molar-refractivity contribution in [2.75, 3.05) is 13.1 Å². The molecule has 4 nitrogen and oxygen atoms in total. The molecule has 92 valence electrons. The number of pyridine rings is 1. The minimum Gasteiger partial charge on any atom is -0.355 e. The molecule has 0 aliphatic heterocycles. The second kappa shape index (κ2) is 5.77. The second-order valence-electron chi connectivity index (χ2n) is 4.52. The van der Waals surface area contributed by atoms with Crippen LogP contribution in [-0.2, 0) is 4.79 Å². The van der Waals surface area contributed by atoms with Gasteiger partial charge in [-0.2, -0.15) is 0 Å². The van der Waals surface area contributed by atoms with E-state index in [9.17, 15) is 4.79 Å². The molecule has 0 bridgehead atoms. The van der Waals surface area contributed by atoms with E-state index in [2.05, 4.69) is 22.5 Å². The molecule has 2 rings (SSSR count). The second-order valence-corrected chi connectivity index (χ2v) is 4.52. The van der Waals surface area contributed by atoms with E-state index >= 15 is 0 Å². The maximum atomic E-state index is 11.4. The fraction of sp³-hybridized carbons (Fsp3) is 0.538. The Labute approximate surface area is 102 Å². The SMILES string of the molecule is CC(NCCNC(=O)C1CC1)c1ccncc1. The summed E-state index contributed by atoms with van der Waals surface area (Å²) in [5, 5.41) is 6.31. The molecule has 0 radical (unpaired) electrons. The van der Waals surface area contributed by atoms with Crippen molar-refractivity contribution in [1.82, 2.24) is 15.6 Å². The van der Waals surface area contributed by atoms with E-state index in [0.29, 0.717) is 12.5 Å². The average Bonchev–Trinajstić information content (AvgIpc) is 3.19. The van der Waals surface area contributed by atoms with Crippen molar-refractivity contribution < 1.29 is 4.79 Å². The zero-order valence-corrected chi connectivity index (χ0v) is 10.1. The number of rotatable bonds is 6.